The molecule has 0 aliphatic carbocycles. The zero-order valence-electron chi connectivity index (χ0n) is 11.1. The maximum atomic E-state index is 13.8. The Kier molecular flexibility index (Phi) is 4.83. The number of Topliss-reactive ketones (excluding diaryl/α,β-unsaturated/α-hetero) is 1. The Balaban J connectivity index is 3.38. The van der Waals surface area contributed by atoms with E-state index in [0.29, 0.717) is 6.07 Å². The molecule has 0 unspecified atom stereocenters. The van der Waals surface area contributed by atoms with Gasteiger partial charge >= 0.3 is 5.97 Å². The van der Waals surface area contributed by atoms with Crippen molar-refractivity contribution in [3.63, 3.8) is 0 Å². The van der Waals surface area contributed by atoms with Crippen molar-refractivity contribution in [2.45, 2.75) is 11.8 Å². The fourth-order valence-electron chi connectivity index (χ4n) is 1.53. The van der Waals surface area contributed by atoms with Crippen LogP contribution in [-0.4, -0.2) is 40.1 Å². The molecule has 0 heterocycles. The third kappa shape index (κ3) is 3.32. The lowest BCUT2D eigenvalue weighted by Gasteiger charge is -2.10. The molecule has 8 heteroatoms. The summed E-state index contributed by atoms with van der Waals surface area (Å²) >= 11 is 0. The second-order valence-corrected chi connectivity index (χ2v) is 5.76. The maximum Gasteiger partial charge on any atom is 0.379 e. The molecule has 0 aliphatic rings. The van der Waals surface area contributed by atoms with E-state index >= 15 is 0 Å². The number of halogens is 1. The molecule has 0 radical (unpaired) electrons. The fraction of sp³-hybridized carbons (Fsp3) is 0.333. The van der Waals surface area contributed by atoms with Crippen molar-refractivity contribution in [3.8, 4) is 5.75 Å². The van der Waals surface area contributed by atoms with Crippen LogP contribution < -0.4 is 4.74 Å². The summed E-state index contributed by atoms with van der Waals surface area (Å²) in [5.41, 5.74) is -0.342. The van der Waals surface area contributed by atoms with Crippen LogP contribution in [0.5, 0.6) is 5.75 Å². The fourth-order valence-corrected chi connectivity index (χ4v) is 2.45. The van der Waals surface area contributed by atoms with E-state index in [9.17, 15) is 22.4 Å². The molecule has 0 amide bonds. The number of esters is 1. The van der Waals surface area contributed by atoms with Gasteiger partial charge in [-0.05, 0) is 19.1 Å². The Labute approximate surface area is 115 Å². The van der Waals surface area contributed by atoms with Gasteiger partial charge in [0.2, 0.25) is 0 Å². The average molecular weight is 304 g/mol. The molecule has 0 fully saturated rings. The third-order valence-corrected chi connectivity index (χ3v) is 3.46. The number of sulfone groups is 1. The van der Waals surface area contributed by atoms with Crippen molar-refractivity contribution in [3.05, 3.63) is 23.5 Å². The predicted octanol–water partition coefficient (Wildman–Crippen LogP) is 0.984. The standard InChI is InChI=1S/C12H13FO6S/c1-4-19-12(15)10(14)7-5-8(13)11(20(3,16)17)9(6-7)18-2/h5-6H,4H2,1-3H3. The first-order valence-electron chi connectivity index (χ1n) is 5.51. The first-order chi connectivity index (χ1) is 9.22. The summed E-state index contributed by atoms with van der Waals surface area (Å²) in [6, 6.07) is 1.65. The molecule has 0 N–H and O–H groups in total. The third-order valence-electron chi connectivity index (χ3n) is 2.32. The highest BCUT2D eigenvalue weighted by atomic mass is 32.2. The van der Waals surface area contributed by atoms with Gasteiger partial charge in [0.1, 0.15) is 16.5 Å². The zero-order chi connectivity index (χ0) is 15.5. The van der Waals surface area contributed by atoms with Gasteiger partial charge in [-0.15, -0.1) is 0 Å². The molecule has 1 aromatic carbocycles. The maximum absolute atomic E-state index is 13.8. The van der Waals surface area contributed by atoms with E-state index in [0.717, 1.165) is 19.4 Å². The number of carbonyl (C=O) groups excluding carboxylic acids is 2. The number of benzene rings is 1. The summed E-state index contributed by atoms with van der Waals surface area (Å²) in [7, 11) is -2.75. The van der Waals surface area contributed by atoms with Crippen LogP contribution in [0, 0.1) is 5.82 Å². The van der Waals surface area contributed by atoms with Crippen molar-refractivity contribution in [2.24, 2.45) is 0 Å². The summed E-state index contributed by atoms with van der Waals surface area (Å²) < 4.78 is 46.0. The molecule has 6 nitrogen and oxygen atoms in total. The largest absolute Gasteiger partial charge is 0.495 e. The van der Waals surface area contributed by atoms with Crippen LogP contribution in [0.3, 0.4) is 0 Å². The lowest BCUT2D eigenvalue weighted by atomic mass is 10.1. The second-order valence-electron chi connectivity index (χ2n) is 3.81. The highest BCUT2D eigenvalue weighted by Gasteiger charge is 2.25. The molecule has 110 valence electrons. The summed E-state index contributed by atoms with van der Waals surface area (Å²) in [6.07, 6.45) is 0.806. The Hall–Kier alpha value is -1.96. The summed E-state index contributed by atoms with van der Waals surface area (Å²) in [5, 5.41) is 0. The Morgan fingerprint density at radius 3 is 2.35 bits per heavy atom. The number of carbonyl (C=O) groups is 2. The Morgan fingerprint density at radius 1 is 1.30 bits per heavy atom. The highest BCUT2D eigenvalue weighted by Crippen LogP contribution is 2.28. The molecule has 0 aromatic heterocycles. The van der Waals surface area contributed by atoms with Crippen molar-refractivity contribution in [1.82, 2.24) is 0 Å². The highest BCUT2D eigenvalue weighted by molar-refractivity contribution is 7.90. The number of ether oxygens (including phenoxy) is 2. The number of hydrogen-bond donors (Lipinski definition) is 0. The lowest BCUT2D eigenvalue weighted by Crippen LogP contribution is -2.18. The van der Waals surface area contributed by atoms with Gasteiger partial charge in [-0.3, -0.25) is 4.79 Å². The van der Waals surface area contributed by atoms with Crippen LogP contribution in [0.15, 0.2) is 17.0 Å². The van der Waals surface area contributed by atoms with E-state index in [1.807, 2.05) is 0 Å². The van der Waals surface area contributed by atoms with Gasteiger partial charge in [-0.2, -0.15) is 0 Å². The minimum Gasteiger partial charge on any atom is -0.495 e. The van der Waals surface area contributed by atoms with E-state index in [-0.39, 0.29) is 17.9 Å². The summed E-state index contributed by atoms with van der Waals surface area (Å²) in [4.78, 5) is 22.3. The Bertz CT molecular complexity index is 650. The summed E-state index contributed by atoms with van der Waals surface area (Å²) in [6.45, 7) is 1.50. The van der Waals surface area contributed by atoms with Crippen LogP contribution in [-0.2, 0) is 19.4 Å². The van der Waals surface area contributed by atoms with Crippen molar-refractivity contribution < 1.29 is 31.9 Å². The quantitative estimate of drug-likeness (QED) is 0.458. The van der Waals surface area contributed by atoms with Gasteiger partial charge in [0.05, 0.1) is 13.7 Å². The zero-order valence-corrected chi connectivity index (χ0v) is 11.9. The minimum absolute atomic E-state index is 0.00832. The van der Waals surface area contributed by atoms with Gasteiger partial charge in [-0.1, -0.05) is 0 Å². The molecule has 0 atom stereocenters. The molecule has 0 bridgehead atoms. The van der Waals surface area contributed by atoms with E-state index in [1.54, 1.807) is 0 Å². The molecule has 1 rings (SSSR count). The molecule has 0 saturated heterocycles. The van der Waals surface area contributed by atoms with Gasteiger partial charge in [-0.25, -0.2) is 17.6 Å². The topological polar surface area (TPSA) is 86.7 Å². The average Bonchev–Trinajstić information content (AvgIpc) is 2.35. The van der Waals surface area contributed by atoms with E-state index in [4.69, 9.17) is 4.74 Å². The summed E-state index contributed by atoms with van der Waals surface area (Å²) in [5.74, 6) is -3.75. The molecular weight excluding hydrogens is 291 g/mol. The Morgan fingerprint density at radius 2 is 1.90 bits per heavy atom. The van der Waals surface area contributed by atoms with Crippen molar-refractivity contribution >= 4 is 21.6 Å². The number of rotatable bonds is 5. The molecule has 0 aliphatic heterocycles. The molecule has 1 aromatic rings. The minimum atomic E-state index is -3.88. The first kappa shape index (κ1) is 16.1. The molecule has 0 saturated carbocycles. The monoisotopic (exact) mass is 304 g/mol. The SMILES string of the molecule is CCOC(=O)C(=O)c1cc(F)c(S(C)(=O)=O)c(OC)c1. The van der Waals surface area contributed by atoms with Gasteiger partial charge in [0.25, 0.3) is 5.78 Å². The van der Waals surface area contributed by atoms with E-state index < -0.39 is 32.3 Å². The lowest BCUT2D eigenvalue weighted by molar-refractivity contribution is -0.137. The van der Waals surface area contributed by atoms with E-state index in [2.05, 4.69) is 4.74 Å². The number of hydrogen-bond acceptors (Lipinski definition) is 6. The molecular formula is C12H13FO6S. The van der Waals surface area contributed by atoms with Crippen LogP contribution in [0.1, 0.15) is 17.3 Å². The van der Waals surface area contributed by atoms with Crippen molar-refractivity contribution in [2.75, 3.05) is 20.0 Å². The van der Waals surface area contributed by atoms with Gasteiger partial charge in [0, 0.05) is 11.8 Å². The van der Waals surface area contributed by atoms with E-state index in [1.165, 1.54) is 6.92 Å². The predicted molar refractivity (Wildman–Crippen MR) is 67.0 cm³/mol. The first-order valence-corrected chi connectivity index (χ1v) is 7.40. The second kappa shape index (κ2) is 6.00. The van der Waals surface area contributed by atoms with Crippen LogP contribution in [0.25, 0.3) is 0 Å². The smallest absolute Gasteiger partial charge is 0.379 e. The normalized spacial score (nSPS) is 11.0. The van der Waals surface area contributed by atoms with Crippen molar-refractivity contribution in [1.29, 1.82) is 0 Å². The van der Waals surface area contributed by atoms with Crippen LogP contribution in [0.2, 0.25) is 0 Å². The number of methoxy groups -OCH3 is 1. The van der Waals surface area contributed by atoms with Crippen LogP contribution >= 0.6 is 0 Å². The van der Waals surface area contributed by atoms with Crippen LogP contribution in [0.4, 0.5) is 4.39 Å². The van der Waals surface area contributed by atoms with Gasteiger partial charge < -0.3 is 9.47 Å². The van der Waals surface area contributed by atoms with Gasteiger partial charge in [0.15, 0.2) is 9.84 Å². The number of ketones is 1. The molecule has 0 spiro atoms. The molecule has 20 heavy (non-hydrogen) atoms.